The van der Waals surface area contributed by atoms with Crippen LogP contribution in [0, 0.1) is 0 Å². The average molecular weight is 470 g/mol. The lowest BCUT2D eigenvalue weighted by Crippen LogP contribution is -2.46. The fraction of sp³-hybridized carbons (Fsp3) is 0.423. The van der Waals surface area contributed by atoms with Crippen LogP contribution in [0.2, 0.25) is 0 Å². The minimum atomic E-state index is -0.142. The van der Waals surface area contributed by atoms with Crippen LogP contribution in [0.1, 0.15) is 31.4 Å². The maximum atomic E-state index is 13.0. The summed E-state index contributed by atoms with van der Waals surface area (Å²) >= 11 is 6.44. The van der Waals surface area contributed by atoms with Crippen LogP contribution >= 0.6 is 11.6 Å². The lowest BCUT2D eigenvalue weighted by molar-refractivity contribution is -0.126. The largest absolute Gasteiger partial charge is 0.454 e. The predicted octanol–water partition coefficient (Wildman–Crippen LogP) is 3.79. The van der Waals surface area contributed by atoms with E-state index in [0.717, 1.165) is 47.0 Å². The summed E-state index contributed by atoms with van der Waals surface area (Å²) in [5.41, 5.74) is 2.20. The zero-order valence-corrected chi connectivity index (χ0v) is 20.0. The molecule has 2 aliphatic rings. The first-order chi connectivity index (χ1) is 16.0. The van der Waals surface area contributed by atoms with Crippen LogP contribution in [0.15, 0.2) is 53.6 Å². The molecular weight excluding hydrogens is 438 g/mol. The van der Waals surface area contributed by atoms with Crippen molar-refractivity contribution in [3.05, 3.63) is 64.7 Å². The lowest BCUT2D eigenvalue weighted by atomic mass is 10.1. The van der Waals surface area contributed by atoms with Gasteiger partial charge in [0.1, 0.15) is 0 Å². The van der Waals surface area contributed by atoms with E-state index in [1.165, 1.54) is 0 Å². The third-order valence-corrected chi connectivity index (χ3v) is 6.38. The lowest BCUT2D eigenvalue weighted by Gasteiger charge is -2.27. The Labute approximate surface area is 200 Å². The Bertz CT molecular complexity index is 980. The minimum absolute atomic E-state index is 0.0830. The van der Waals surface area contributed by atoms with Gasteiger partial charge in [0.2, 0.25) is 12.7 Å². The molecule has 0 saturated carbocycles. The van der Waals surface area contributed by atoms with Gasteiger partial charge >= 0.3 is 0 Å². The van der Waals surface area contributed by atoms with Crippen molar-refractivity contribution in [1.82, 2.24) is 15.5 Å². The summed E-state index contributed by atoms with van der Waals surface area (Å²) in [5, 5.41) is 7.41. The van der Waals surface area contributed by atoms with Crippen molar-refractivity contribution in [1.29, 1.82) is 0 Å². The number of halogens is 1. The van der Waals surface area contributed by atoms with Gasteiger partial charge in [-0.3, -0.25) is 9.69 Å². The number of carbonyl (C=O) groups is 1. The molecule has 2 atom stereocenters. The van der Waals surface area contributed by atoms with Crippen molar-refractivity contribution in [2.24, 2.45) is 0 Å². The average Bonchev–Trinajstić information content (AvgIpc) is 3.45. The maximum absolute atomic E-state index is 13.0. The Balaban J connectivity index is 1.27. The number of benzene rings is 2. The van der Waals surface area contributed by atoms with Gasteiger partial charge in [-0.1, -0.05) is 48.0 Å². The maximum Gasteiger partial charge on any atom is 0.237 e. The van der Waals surface area contributed by atoms with Gasteiger partial charge in [-0.2, -0.15) is 0 Å². The third-order valence-electron chi connectivity index (χ3n) is 6.14. The molecule has 0 aromatic heterocycles. The molecule has 1 saturated heterocycles. The Morgan fingerprint density at radius 2 is 1.97 bits per heavy atom. The van der Waals surface area contributed by atoms with Gasteiger partial charge in [-0.25, -0.2) is 0 Å². The summed E-state index contributed by atoms with van der Waals surface area (Å²) in [7, 11) is 0. The fourth-order valence-electron chi connectivity index (χ4n) is 4.40. The van der Waals surface area contributed by atoms with E-state index >= 15 is 0 Å². The number of hydrogen-bond acceptors (Lipinski definition) is 5. The molecule has 7 heteroatoms. The predicted molar refractivity (Wildman–Crippen MR) is 132 cm³/mol. The van der Waals surface area contributed by atoms with Crippen LogP contribution in [0.5, 0.6) is 11.5 Å². The molecule has 2 aromatic carbocycles. The molecule has 0 unspecified atom stereocenters. The highest BCUT2D eigenvalue weighted by Gasteiger charge is 2.37. The van der Waals surface area contributed by atoms with E-state index in [0.29, 0.717) is 13.1 Å². The number of amides is 1. The topological polar surface area (TPSA) is 62.8 Å². The monoisotopic (exact) mass is 469 g/mol. The second-order valence-corrected chi connectivity index (χ2v) is 9.34. The first-order valence-electron chi connectivity index (χ1n) is 11.6. The Hall–Kier alpha value is -2.54. The summed E-state index contributed by atoms with van der Waals surface area (Å²) in [6, 6.07) is 16.3. The van der Waals surface area contributed by atoms with Gasteiger partial charge in [0, 0.05) is 36.8 Å². The van der Waals surface area contributed by atoms with E-state index in [2.05, 4.69) is 29.4 Å². The van der Waals surface area contributed by atoms with E-state index in [4.69, 9.17) is 21.1 Å². The number of nitrogens with zero attached hydrogens (tertiary/aromatic N) is 1. The SMILES string of the molecule is CC(C)N1C[C@@H](NCC(Cl)=Cc2ccccc2)C[C@H]1C(=O)NCCc1ccc2c(c1)OCO2. The van der Waals surface area contributed by atoms with E-state index in [1.54, 1.807) is 0 Å². The molecule has 2 heterocycles. The molecule has 176 valence electrons. The molecule has 4 rings (SSSR count). The molecule has 1 amide bonds. The van der Waals surface area contributed by atoms with Crippen molar-refractivity contribution in [3.63, 3.8) is 0 Å². The van der Waals surface area contributed by atoms with Crippen molar-refractivity contribution in [3.8, 4) is 11.5 Å². The molecule has 6 nitrogen and oxygen atoms in total. The minimum Gasteiger partial charge on any atom is -0.454 e. The van der Waals surface area contributed by atoms with Crippen molar-refractivity contribution in [2.75, 3.05) is 26.4 Å². The molecule has 0 aliphatic carbocycles. The smallest absolute Gasteiger partial charge is 0.237 e. The summed E-state index contributed by atoms with van der Waals surface area (Å²) in [5.74, 6) is 1.63. The first kappa shape index (κ1) is 23.6. The summed E-state index contributed by atoms with van der Waals surface area (Å²) in [6.07, 6.45) is 3.49. The quantitative estimate of drug-likeness (QED) is 0.585. The standard InChI is InChI=1S/C26H32ClN3O3/c1-18(2)30-16-22(29-15-21(27)12-19-6-4-3-5-7-19)14-23(30)26(31)28-11-10-20-8-9-24-25(13-20)33-17-32-24/h3-9,12-13,18,22-23,29H,10-11,14-17H2,1-2H3,(H,28,31)/t22-,23-/m0/s1. The molecule has 2 aliphatic heterocycles. The molecule has 33 heavy (non-hydrogen) atoms. The zero-order valence-electron chi connectivity index (χ0n) is 19.2. The van der Waals surface area contributed by atoms with Crippen LogP contribution in [0.3, 0.4) is 0 Å². The number of carbonyl (C=O) groups excluding carboxylic acids is 1. The second-order valence-electron chi connectivity index (χ2n) is 8.85. The van der Waals surface area contributed by atoms with Crippen LogP contribution in [0.4, 0.5) is 0 Å². The van der Waals surface area contributed by atoms with Crippen LogP contribution < -0.4 is 20.1 Å². The number of ether oxygens (including phenoxy) is 2. The second kappa shape index (κ2) is 11.1. The number of rotatable bonds is 9. The summed E-state index contributed by atoms with van der Waals surface area (Å²) < 4.78 is 10.8. The van der Waals surface area contributed by atoms with Crippen LogP contribution in [-0.2, 0) is 11.2 Å². The highest BCUT2D eigenvalue weighted by Crippen LogP contribution is 2.32. The fourth-order valence-corrected chi connectivity index (χ4v) is 4.61. The normalized spacial score (nSPS) is 20.4. The summed E-state index contributed by atoms with van der Waals surface area (Å²) in [6.45, 7) is 6.55. The van der Waals surface area contributed by atoms with Gasteiger partial charge in [0.05, 0.1) is 6.04 Å². The molecule has 0 radical (unpaired) electrons. The van der Waals surface area contributed by atoms with E-state index in [9.17, 15) is 4.79 Å². The number of hydrogen-bond donors (Lipinski definition) is 2. The van der Waals surface area contributed by atoms with Crippen LogP contribution in [-0.4, -0.2) is 55.4 Å². The Morgan fingerprint density at radius 3 is 2.76 bits per heavy atom. The third kappa shape index (κ3) is 6.28. The number of nitrogens with one attached hydrogen (secondary N) is 2. The molecular formula is C26H32ClN3O3. The molecule has 1 fully saturated rings. The van der Waals surface area contributed by atoms with Gasteiger partial charge in [-0.15, -0.1) is 0 Å². The molecule has 0 bridgehead atoms. The van der Waals surface area contributed by atoms with E-state index < -0.39 is 0 Å². The van der Waals surface area contributed by atoms with Crippen molar-refractivity contribution >= 4 is 23.6 Å². The molecule has 2 N–H and O–H groups in total. The van der Waals surface area contributed by atoms with Gasteiger partial charge in [0.25, 0.3) is 0 Å². The highest BCUT2D eigenvalue weighted by atomic mass is 35.5. The Kier molecular flexibility index (Phi) is 7.91. The zero-order chi connectivity index (χ0) is 23.2. The van der Waals surface area contributed by atoms with Gasteiger partial charge in [0.15, 0.2) is 11.5 Å². The summed E-state index contributed by atoms with van der Waals surface area (Å²) in [4.78, 5) is 15.3. The van der Waals surface area contributed by atoms with E-state index in [1.807, 2.05) is 54.6 Å². The molecule has 0 spiro atoms. The van der Waals surface area contributed by atoms with Gasteiger partial charge < -0.3 is 20.1 Å². The first-order valence-corrected chi connectivity index (χ1v) is 11.9. The highest BCUT2D eigenvalue weighted by molar-refractivity contribution is 6.31. The van der Waals surface area contributed by atoms with Crippen molar-refractivity contribution in [2.45, 2.75) is 44.8 Å². The Morgan fingerprint density at radius 1 is 1.18 bits per heavy atom. The number of likely N-dealkylation sites (tertiary alicyclic amines) is 1. The van der Waals surface area contributed by atoms with Gasteiger partial charge in [-0.05, 0) is 56.0 Å². The van der Waals surface area contributed by atoms with Crippen molar-refractivity contribution < 1.29 is 14.3 Å². The number of fused-ring (bicyclic) bond motifs is 1. The van der Waals surface area contributed by atoms with Crippen LogP contribution in [0.25, 0.3) is 6.08 Å². The van der Waals surface area contributed by atoms with E-state index in [-0.39, 0.29) is 30.8 Å². The molecule has 2 aromatic rings.